The summed E-state index contributed by atoms with van der Waals surface area (Å²) >= 11 is 0. The zero-order valence-electron chi connectivity index (χ0n) is 11.3. The van der Waals surface area contributed by atoms with Crippen molar-refractivity contribution in [1.29, 1.82) is 0 Å². The van der Waals surface area contributed by atoms with E-state index in [1.807, 2.05) is 0 Å². The fraction of sp³-hybridized carbons (Fsp3) is 0.500. The second-order valence-corrected chi connectivity index (χ2v) is 5.19. The molecule has 1 fully saturated rings. The van der Waals surface area contributed by atoms with E-state index in [1.165, 1.54) is 18.2 Å². The van der Waals surface area contributed by atoms with Crippen LogP contribution in [0, 0.1) is 17.0 Å². The van der Waals surface area contributed by atoms with E-state index >= 15 is 0 Å². The SMILES string of the molecule is Cc1cc([N+](=O)[O-])ccc1C(=O)NC1CCCCC1O. The molecule has 2 N–H and O–H groups in total. The lowest BCUT2D eigenvalue weighted by atomic mass is 9.92. The molecule has 0 bridgehead atoms. The maximum absolute atomic E-state index is 12.2. The summed E-state index contributed by atoms with van der Waals surface area (Å²) in [4.78, 5) is 22.3. The molecule has 0 spiro atoms. The van der Waals surface area contributed by atoms with Crippen LogP contribution in [0.3, 0.4) is 0 Å². The summed E-state index contributed by atoms with van der Waals surface area (Å²) in [5, 5.41) is 23.3. The lowest BCUT2D eigenvalue weighted by Crippen LogP contribution is -2.45. The lowest BCUT2D eigenvalue weighted by molar-refractivity contribution is -0.384. The molecule has 20 heavy (non-hydrogen) atoms. The Kier molecular flexibility index (Phi) is 4.34. The van der Waals surface area contributed by atoms with Crippen LogP contribution in [0.5, 0.6) is 0 Å². The number of carbonyl (C=O) groups excluding carboxylic acids is 1. The first-order valence-corrected chi connectivity index (χ1v) is 6.73. The summed E-state index contributed by atoms with van der Waals surface area (Å²) in [7, 11) is 0. The van der Waals surface area contributed by atoms with E-state index in [0.29, 0.717) is 17.5 Å². The van der Waals surface area contributed by atoms with Gasteiger partial charge in [-0.1, -0.05) is 12.8 Å². The standard InChI is InChI=1S/C14H18N2O4/c1-9-8-10(16(19)20)6-7-11(9)14(18)15-12-4-2-3-5-13(12)17/h6-8,12-13,17H,2-5H2,1H3,(H,15,18). The fourth-order valence-electron chi connectivity index (χ4n) is 2.54. The highest BCUT2D eigenvalue weighted by Gasteiger charge is 2.25. The molecule has 2 unspecified atom stereocenters. The van der Waals surface area contributed by atoms with Crippen molar-refractivity contribution in [2.75, 3.05) is 0 Å². The first kappa shape index (κ1) is 14.5. The predicted octanol–water partition coefficient (Wildman–Crippen LogP) is 1.94. The third-order valence-electron chi connectivity index (χ3n) is 3.71. The Morgan fingerprint density at radius 3 is 2.70 bits per heavy atom. The van der Waals surface area contributed by atoms with Crippen molar-refractivity contribution in [2.45, 2.75) is 44.8 Å². The number of aliphatic hydroxyl groups excluding tert-OH is 1. The van der Waals surface area contributed by atoms with E-state index in [9.17, 15) is 20.0 Å². The molecule has 1 saturated carbocycles. The number of nitrogens with zero attached hydrogens (tertiary/aromatic N) is 1. The number of benzene rings is 1. The number of aryl methyl sites for hydroxylation is 1. The van der Waals surface area contributed by atoms with Gasteiger partial charge in [-0.25, -0.2) is 0 Å². The third kappa shape index (κ3) is 3.14. The van der Waals surface area contributed by atoms with Crippen LogP contribution in [0.1, 0.15) is 41.6 Å². The van der Waals surface area contributed by atoms with Crippen LogP contribution in [0.4, 0.5) is 5.69 Å². The van der Waals surface area contributed by atoms with Crippen LogP contribution in [-0.4, -0.2) is 28.1 Å². The summed E-state index contributed by atoms with van der Waals surface area (Å²) in [6, 6.07) is 3.93. The molecule has 0 aliphatic heterocycles. The molecule has 2 rings (SSSR count). The molecule has 0 aromatic heterocycles. The molecule has 1 aliphatic rings. The van der Waals surface area contributed by atoms with Gasteiger partial charge in [0.25, 0.3) is 11.6 Å². The summed E-state index contributed by atoms with van der Waals surface area (Å²) in [6.07, 6.45) is 2.92. The van der Waals surface area contributed by atoms with Gasteiger partial charge in [-0.2, -0.15) is 0 Å². The van der Waals surface area contributed by atoms with Gasteiger partial charge in [0.15, 0.2) is 0 Å². The Morgan fingerprint density at radius 1 is 1.40 bits per heavy atom. The second kappa shape index (κ2) is 6.00. The molecule has 6 nitrogen and oxygen atoms in total. The van der Waals surface area contributed by atoms with Crippen LogP contribution in [0.15, 0.2) is 18.2 Å². The second-order valence-electron chi connectivity index (χ2n) is 5.19. The lowest BCUT2D eigenvalue weighted by Gasteiger charge is -2.28. The molecular weight excluding hydrogens is 260 g/mol. The van der Waals surface area contributed by atoms with Gasteiger partial charge < -0.3 is 10.4 Å². The van der Waals surface area contributed by atoms with Gasteiger partial charge in [0, 0.05) is 17.7 Å². The maximum Gasteiger partial charge on any atom is 0.269 e. The summed E-state index contributed by atoms with van der Waals surface area (Å²) in [5.74, 6) is -0.289. The first-order chi connectivity index (χ1) is 9.49. The van der Waals surface area contributed by atoms with E-state index in [0.717, 1.165) is 19.3 Å². The van der Waals surface area contributed by atoms with Crippen LogP contribution < -0.4 is 5.32 Å². The molecular formula is C14H18N2O4. The van der Waals surface area contributed by atoms with Gasteiger partial charge in [0.05, 0.1) is 17.1 Å². The minimum Gasteiger partial charge on any atom is -0.391 e. The quantitative estimate of drug-likeness (QED) is 0.652. The van der Waals surface area contributed by atoms with Crippen LogP contribution in [0.2, 0.25) is 0 Å². The number of nitrogens with one attached hydrogen (secondary N) is 1. The molecule has 6 heteroatoms. The number of hydrogen-bond acceptors (Lipinski definition) is 4. The largest absolute Gasteiger partial charge is 0.391 e. The van der Waals surface area contributed by atoms with Gasteiger partial charge in [-0.05, 0) is 31.4 Å². The highest BCUT2D eigenvalue weighted by molar-refractivity contribution is 5.96. The number of hydrogen-bond donors (Lipinski definition) is 2. The average molecular weight is 278 g/mol. The Labute approximate surface area is 117 Å². The van der Waals surface area contributed by atoms with Gasteiger partial charge in [0.1, 0.15) is 0 Å². The molecule has 0 radical (unpaired) electrons. The van der Waals surface area contributed by atoms with Gasteiger partial charge >= 0.3 is 0 Å². The molecule has 2 atom stereocenters. The van der Waals surface area contributed by atoms with Crippen molar-refractivity contribution in [3.63, 3.8) is 0 Å². The van der Waals surface area contributed by atoms with Gasteiger partial charge in [-0.3, -0.25) is 14.9 Å². The monoisotopic (exact) mass is 278 g/mol. The van der Waals surface area contributed by atoms with E-state index < -0.39 is 11.0 Å². The smallest absolute Gasteiger partial charge is 0.269 e. The third-order valence-corrected chi connectivity index (χ3v) is 3.71. The summed E-state index contributed by atoms with van der Waals surface area (Å²) < 4.78 is 0. The molecule has 1 aliphatic carbocycles. The first-order valence-electron chi connectivity index (χ1n) is 6.73. The number of carbonyl (C=O) groups is 1. The zero-order chi connectivity index (χ0) is 14.7. The van der Waals surface area contributed by atoms with Crippen LogP contribution in [-0.2, 0) is 0 Å². The van der Waals surface area contributed by atoms with Crippen molar-refractivity contribution in [3.05, 3.63) is 39.4 Å². The summed E-state index contributed by atoms with van der Waals surface area (Å²) in [5.41, 5.74) is 0.937. The Hall–Kier alpha value is -1.95. The van der Waals surface area contributed by atoms with Crippen molar-refractivity contribution >= 4 is 11.6 Å². The minimum absolute atomic E-state index is 0.0308. The van der Waals surface area contributed by atoms with Crippen molar-refractivity contribution in [3.8, 4) is 0 Å². The predicted molar refractivity (Wildman–Crippen MR) is 73.6 cm³/mol. The van der Waals surface area contributed by atoms with Crippen molar-refractivity contribution in [1.82, 2.24) is 5.32 Å². The van der Waals surface area contributed by atoms with E-state index in [2.05, 4.69) is 5.32 Å². The Bertz CT molecular complexity index is 530. The van der Waals surface area contributed by atoms with E-state index in [4.69, 9.17) is 0 Å². The summed E-state index contributed by atoms with van der Waals surface area (Å²) in [6.45, 7) is 1.67. The maximum atomic E-state index is 12.2. The van der Waals surface area contributed by atoms with Crippen molar-refractivity contribution in [2.24, 2.45) is 0 Å². The van der Waals surface area contributed by atoms with Crippen LogP contribution in [0.25, 0.3) is 0 Å². The molecule has 1 amide bonds. The normalized spacial score (nSPS) is 22.3. The zero-order valence-corrected chi connectivity index (χ0v) is 11.3. The van der Waals surface area contributed by atoms with Gasteiger partial charge in [0.2, 0.25) is 0 Å². The topological polar surface area (TPSA) is 92.5 Å². The number of rotatable bonds is 3. The molecule has 1 aromatic rings. The van der Waals surface area contributed by atoms with E-state index in [-0.39, 0.29) is 17.6 Å². The number of non-ortho nitro benzene ring substituents is 1. The van der Waals surface area contributed by atoms with E-state index in [1.54, 1.807) is 6.92 Å². The van der Waals surface area contributed by atoms with Crippen LogP contribution >= 0.6 is 0 Å². The fourth-order valence-corrected chi connectivity index (χ4v) is 2.54. The Morgan fingerprint density at radius 2 is 2.10 bits per heavy atom. The number of nitro benzene ring substituents is 1. The number of aliphatic hydroxyl groups is 1. The molecule has 1 aromatic carbocycles. The number of nitro groups is 1. The molecule has 0 saturated heterocycles. The van der Waals surface area contributed by atoms with Crippen molar-refractivity contribution < 1.29 is 14.8 Å². The highest BCUT2D eigenvalue weighted by atomic mass is 16.6. The Balaban J connectivity index is 2.11. The van der Waals surface area contributed by atoms with Gasteiger partial charge in [-0.15, -0.1) is 0 Å². The average Bonchev–Trinajstić information content (AvgIpc) is 2.41. The number of amides is 1. The minimum atomic E-state index is -0.508. The highest BCUT2D eigenvalue weighted by Crippen LogP contribution is 2.20. The molecule has 108 valence electrons. The molecule has 0 heterocycles.